The third-order valence-electron chi connectivity index (χ3n) is 13.0. The van der Waals surface area contributed by atoms with Crippen LogP contribution in [0.15, 0.2) is 231 Å². The molecular weight excluding hydrogens is 777 g/mol. The Morgan fingerprint density at radius 1 is 0.250 bits per heavy atom. The Hall–Kier alpha value is -8.60. The van der Waals surface area contributed by atoms with Crippen LogP contribution in [0, 0.1) is 0 Å². The van der Waals surface area contributed by atoms with Gasteiger partial charge in [0.05, 0.1) is 33.5 Å². The molecule has 0 N–H and O–H groups in total. The first kappa shape index (κ1) is 36.1. The predicted octanol–water partition coefficient (Wildman–Crippen LogP) is 15.6. The van der Waals surface area contributed by atoms with Crippen molar-refractivity contribution >= 4 is 65.2 Å². The largest absolute Gasteiger partial charge is 0.309 e. The zero-order valence-corrected chi connectivity index (χ0v) is 34.7. The van der Waals surface area contributed by atoms with Crippen molar-refractivity contribution < 1.29 is 0 Å². The molecule has 0 amide bonds. The Bertz CT molecular complexity index is 3550. The highest BCUT2D eigenvalue weighted by Gasteiger charge is 2.22. The van der Waals surface area contributed by atoms with Gasteiger partial charge in [0.15, 0.2) is 0 Å². The molecular formula is C60H38N4. The lowest BCUT2D eigenvalue weighted by molar-refractivity contribution is 1.18. The summed E-state index contributed by atoms with van der Waals surface area (Å²) in [6.45, 7) is 0. The van der Waals surface area contributed by atoms with Gasteiger partial charge in [-0.15, -0.1) is 0 Å². The standard InChI is InChI=1S/C60H38N4/c1-3-15-39(16-4-1)41-27-33-53(61-37-41)59-49-31-29-44(64-57-25-13-9-21-47(57)48-22-10-14-26-58(48)64)36-52(49)60(54-34-28-42(38-62-54)40-17-5-2-6-18-40)50-32-30-43(35-51(50)59)63-55-23-11-7-19-45(55)46-20-8-12-24-56(46)63/h1-38H. The highest BCUT2D eigenvalue weighted by Crippen LogP contribution is 2.46. The van der Waals surface area contributed by atoms with Crippen LogP contribution < -0.4 is 0 Å². The van der Waals surface area contributed by atoms with Gasteiger partial charge in [-0.25, -0.2) is 0 Å². The van der Waals surface area contributed by atoms with Crippen molar-refractivity contribution in [2.24, 2.45) is 0 Å². The van der Waals surface area contributed by atoms with Gasteiger partial charge in [-0.1, -0.05) is 158 Å². The quantitative estimate of drug-likeness (QED) is 0.157. The molecule has 0 spiro atoms. The van der Waals surface area contributed by atoms with Gasteiger partial charge in [0, 0.05) is 67.6 Å². The van der Waals surface area contributed by atoms with Crippen molar-refractivity contribution in [2.45, 2.75) is 0 Å². The lowest BCUT2D eigenvalue weighted by Crippen LogP contribution is -1.99. The van der Waals surface area contributed by atoms with E-state index >= 15 is 0 Å². The normalized spacial score (nSPS) is 11.8. The average Bonchev–Trinajstić information content (AvgIpc) is 3.89. The van der Waals surface area contributed by atoms with E-state index in [2.05, 4.69) is 228 Å². The number of hydrogen-bond donors (Lipinski definition) is 0. The van der Waals surface area contributed by atoms with E-state index in [4.69, 9.17) is 9.97 Å². The second-order valence-corrected chi connectivity index (χ2v) is 16.5. The van der Waals surface area contributed by atoms with Crippen molar-refractivity contribution in [2.75, 3.05) is 0 Å². The summed E-state index contributed by atoms with van der Waals surface area (Å²) in [5.74, 6) is 0. The Kier molecular flexibility index (Phi) is 8.18. The van der Waals surface area contributed by atoms with Gasteiger partial charge in [0.2, 0.25) is 0 Å². The maximum absolute atomic E-state index is 5.29. The van der Waals surface area contributed by atoms with E-state index in [1.807, 2.05) is 12.4 Å². The van der Waals surface area contributed by atoms with Gasteiger partial charge in [-0.2, -0.15) is 0 Å². The van der Waals surface area contributed by atoms with E-state index in [9.17, 15) is 0 Å². The van der Waals surface area contributed by atoms with Crippen LogP contribution in [-0.4, -0.2) is 19.1 Å². The number of pyridine rings is 2. The second kappa shape index (κ2) is 14.5. The number of para-hydroxylation sites is 4. The Morgan fingerprint density at radius 2 is 0.594 bits per heavy atom. The first-order valence-corrected chi connectivity index (χ1v) is 21.8. The maximum atomic E-state index is 5.29. The smallest absolute Gasteiger partial charge is 0.0714 e. The zero-order chi connectivity index (χ0) is 42.1. The summed E-state index contributed by atoms with van der Waals surface area (Å²) in [4.78, 5) is 10.6. The molecule has 13 rings (SSSR count). The molecule has 0 bridgehead atoms. The Morgan fingerprint density at radius 3 is 0.938 bits per heavy atom. The van der Waals surface area contributed by atoms with Crippen molar-refractivity contribution in [3.8, 4) is 56.1 Å². The molecule has 298 valence electrons. The van der Waals surface area contributed by atoms with Crippen molar-refractivity contribution in [3.63, 3.8) is 0 Å². The van der Waals surface area contributed by atoms with Gasteiger partial charge in [-0.3, -0.25) is 9.97 Å². The number of aromatic nitrogens is 4. The highest BCUT2D eigenvalue weighted by molar-refractivity contribution is 6.22. The minimum absolute atomic E-state index is 0.914. The summed E-state index contributed by atoms with van der Waals surface area (Å²) < 4.78 is 4.81. The van der Waals surface area contributed by atoms with Crippen LogP contribution in [0.1, 0.15) is 0 Å². The number of benzene rings is 9. The molecule has 0 atom stereocenters. The summed E-state index contributed by atoms with van der Waals surface area (Å²) in [6.07, 6.45) is 4.03. The number of nitrogens with zero attached hydrogens (tertiary/aromatic N) is 4. The summed E-state index contributed by atoms with van der Waals surface area (Å²) in [6, 6.07) is 78.6. The summed E-state index contributed by atoms with van der Waals surface area (Å²) in [5.41, 5.74) is 15.3. The monoisotopic (exact) mass is 814 g/mol. The average molecular weight is 815 g/mol. The zero-order valence-electron chi connectivity index (χ0n) is 34.7. The van der Waals surface area contributed by atoms with Gasteiger partial charge < -0.3 is 9.13 Å². The van der Waals surface area contributed by atoms with Crippen LogP contribution in [-0.2, 0) is 0 Å². The molecule has 0 saturated heterocycles. The molecule has 4 nitrogen and oxygen atoms in total. The van der Waals surface area contributed by atoms with Gasteiger partial charge in [-0.05, 0) is 93.3 Å². The highest BCUT2D eigenvalue weighted by atomic mass is 15.0. The first-order valence-electron chi connectivity index (χ1n) is 21.8. The van der Waals surface area contributed by atoms with E-state index in [-0.39, 0.29) is 0 Å². The fraction of sp³-hybridized carbons (Fsp3) is 0. The molecule has 0 saturated carbocycles. The summed E-state index contributed by atoms with van der Waals surface area (Å²) in [7, 11) is 0. The lowest BCUT2D eigenvalue weighted by atomic mass is 9.87. The second-order valence-electron chi connectivity index (χ2n) is 16.5. The molecule has 4 aromatic heterocycles. The molecule has 0 aliphatic heterocycles. The number of hydrogen-bond acceptors (Lipinski definition) is 2. The third kappa shape index (κ3) is 5.63. The van der Waals surface area contributed by atoms with Gasteiger partial charge in [0.25, 0.3) is 0 Å². The summed E-state index contributed by atoms with van der Waals surface area (Å²) >= 11 is 0. The van der Waals surface area contributed by atoms with Crippen LogP contribution in [0.3, 0.4) is 0 Å². The van der Waals surface area contributed by atoms with Crippen LogP contribution in [0.2, 0.25) is 0 Å². The molecule has 0 aliphatic carbocycles. The van der Waals surface area contributed by atoms with Crippen LogP contribution in [0.25, 0.3) is 121 Å². The maximum Gasteiger partial charge on any atom is 0.0714 e. The molecule has 0 unspecified atom stereocenters. The minimum atomic E-state index is 0.914. The van der Waals surface area contributed by atoms with Crippen LogP contribution in [0.5, 0.6) is 0 Å². The van der Waals surface area contributed by atoms with E-state index in [0.717, 1.165) is 77.7 Å². The molecule has 0 radical (unpaired) electrons. The molecule has 64 heavy (non-hydrogen) atoms. The van der Waals surface area contributed by atoms with E-state index in [1.165, 1.54) is 43.6 Å². The van der Waals surface area contributed by atoms with Crippen LogP contribution in [0.4, 0.5) is 0 Å². The molecule has 4 heterocycles. The lowest BCUT2D eigenvalue weighted by Gasteiger charge is -2.20. The summed E-state index contributed by atoms with van der Waals surface area (Å²) in [5, 5.41) is 9.38. The fourth-order valence-corrected chi connectivity index (χ4v) is 10.1. The van der Waals surface area contributed by atoms with Crippen molar-refractivity contribution in [3.05, 3.63) is 231 Å². The van der Waals surface area contributed by atoms with E-state index < -0.39 is 0 Å². The minimum Gasteiger partial charge on any atom is -0.309 e. The number of fused-ring (bicyclic) bond motifs is 8. The van der Waals surface area contributed by atoms with Crippen LogP contribution >= 0.6 is 0 Å². The molecule has 0 fully saturated rings. The van der Waals surface area contributed by atoms with Gasteiger partial charge in [0.1, 0.15) is 0 Å². The third-order valence-corrected chi connectivity index (χ3v) is 13.0. The SMILES string of the molecule is c1ccc(-c2ccc(-c3c4ccc(-n5c6ccccc6c6ccccc65)cc4c(-c4ccc(-c5ccccc5)cn4)c4ccc(-n5c6ccccc6c6ccccc65)cc34)nc2)cc1. The van der Waals surface area contributed by atoms with Gasteiger partial charge >= 0.3 is 0 Å². The molecule has 13 aromatic rings. The first-order chi connectivity index (χ1) is 31.8. The molecule has 4 heteroatoms. The molecule has 9 aromatic carbocycles. The Labute approximate surface area is 369 Å². The number of rotatable bonds is 6. The Balaban J connectivity index is 1.14. The fourth-order valence-electron chi connectivity index (χ4n) is 10.1. The van der Waals surface area contributed by atoms with Crippen molar-refractivity contribution in [1.29, 1.82) is 0 Å². The topological polar surface area (TPSA) is 35.6 Å². The van der Waals surface area contributed by atoms with E-state index in [0.29, 0.717) is 0 Å². The molecule has 0 aliphatic rings. The van der Waals surface area contributed by atoms with E-state index in [1.54, 1.807) is 0 Å². The van der Waals surface area contributed by atoms with Crippen molar-refractivity contribution in [1.82, 2.24) is 19.1 Å². The predicted molar refractivity (Wildman–Crippen MR) is 267 cm³/mol.